The molecule has 0 radical (unpaired) electrons. The molecule has 0 bridgehead atoms. The monoisotopic (exact) mass is 198 g/mol. The van der Waals surface area contributed by atoms with Gasteiger partial charge in [0.1, 0.15) is 0 Å². The Morgan fingerprint density at radius 1 is 1.13 bits per heavy atom. The Hall–Kier alpha value is -2.03. The zero-order valence-electron chi connectivity index (χ0n) is 8.34. The van der Waals surface area contributed by atoms with Gasteiger partial charge in [0.25, 0.3) is 0 Å². The quantitative estimate of drug-likeness (QED) is 0.695. The van der Waals surface area contributed by atoms with Crippen LogP contribution in [0, 0.1) is 0 Å². The van der Waals surface area contributed by atoms with Crippen LogP contribution >= 0.6 is 0 Å². The van der Waals surface area contributed by atoms with Crippen molar-refractivity contribution in [3.63, 3.8) is 0 Å². The molecule has 74 valence electrons. The summed E-state index contributed by atoms with van der Waals surface area (Å²) in [6, 6.07) is 7.23. The predicted octanol–water partition coefficient (Wildman–Crippen LogP) is 2.35. The molecule has 2 aromatic heterocycles. The lowest BCUT2D eigenvalue weighted by atomic mass is 10.0. The maximum Gasteiger partial charge on any atom is 0.161 e. The van der Waals surface area contributed by atoms with Crippen LogP contribution in [0.2, 0.25) is 0 Å². The highest BCUT2D eigenvalue weighted by molar-refractivity contribution is 5.99. The number of pyridine rings is 2. The van der Waals surface area contributed by atoms with Crippen molar-refractivity contribution in [1.29, 1.82) is 0 Å². The van der Waals surface area contributed by atoms with Gasteiger partial charge in [-0.05, 0) is 31.2 Å². The Balaban J connectivity index is 2.58. The van der Waals surface area contributed by atoms with Crippen LogP contribution in [0.3, 0.4) is 0 Å². The summed E-state index contributed by atoms with van der Waals surface area (Å²) in [6.45, 7) is 1.54. The second kappa shape index (κ2) is 4.00. The Morgan fingerprint density at radius 3 is 2.53 bits per heavy atom. The molecular formula is C12H10N2O. The lowest BCUT2D eigenvalue weighted by Gasteiger charge is -2.04. The highest BCUT2D eigenvalue weighted by Gasteiger charge is 2.08. The maximum atomic E-state index is 11.4. The van der Waals surface area contributed by atoms with Crippen LogP contribution in [-0.4, -0.2) is 15.8 Å². The lowest BCUT2D eigenvalue weighted by molar-refractivity contribution is 0.101. The van der Waals surface area contributed by atoms with E-state index in [2.05, 4.69) is 9.97 Å². The molecule has 3 heteroatoms. The molecule has 0 spiro atoms. The third kappa shape index (κ3) is 1.91. The van der Waals surface area contributed by atoms with E-state index in [9.17, 15) is 4.79 Å². The molecule has 0 atom stereocenters. The summed E-state index contributed by atoms with van der Waals surface area (Å²) < 4.78 is 0. The second-order valence-electron chi connectivity index (χ2n) is 3.19. The van der Waals surface area contributed by atoms with Crippen molar-refractivity contribution in [3.05, 3.63) is 48.4 Å². The first kappa shape index (κ1) is 9.52. The zero-order chi connectivity index (χ0) is 10.7. The number of nitrogens with zero attached hydrogens (tertiary/aromatic N) is 2. The van der Waals surface area contributed by atoms with Crippen LogP contribution in [0.5, 0.6) is 0 Å². The molecule has 0 aliphatic heterocycles. The molecular weight excluding hydrogens is 188 g/mol. The molecule has 15 heavy (non-hydrogen) atoms. The van der Waals surface area contributed by atoms with E-state index in [-0.39, 0.29) is 5.78 Å². The molecule has 2 rings (SSSR count). The van der Waals surface area contributed by atoms with Gasteiger partial charge in [0.2, 0.25) is 0 Å². The molecule has 0 amide bonds. The van der Waals surface area contributed by atoms with Crippen LogP contribution < -0.4 is 0 Å². The summed E-state index contributed by atoms with van der Waals surface area (Å²) in [4.78, 5) is 19.5. The third-order valence-corrected chi connectivity index (χ3v) is 2.14. The summed E-state index contributed by atoms with van der Waals surface area (Å²) in [6.07, 6.45) is 5.06. The smallest absolute Gasteiger partial charge is 0.161 e. The van der Waals surface area contributed by atoms with Gasteiger partial charge < -0.3 is 0 Å². The normalized spacial score (nSPS) is 9.93. The van der Waals surface area contributed by atoms with Crippen molar-refractivity contribution in [2.45, 2.75) is 6.92 Å². The molecule has 0 aliphatic carbocycles. The minimum Gasteiger partial charge on any atom is -0.294 e. The van der Waals surface area contributed by atoms with Crippen LogP contribution in [0.1, 0.15) is 17.3 Å². The van der Waals surface area contributed by atoms with Gasteiger partial charge in [-0.15, -0.1) is 0 Å². The molecule has 0 fully saturated rings. The summed E-state index contributed by atoms with van der Waals surface area (Å²) in [5, 5.41) is 0. The fraction of sp³-hybridized carbons (Fsp3) is 0.0833. The number of rotatable bonds is 2. The average molecular weight is 198 g/mol. The largest absolute Gasteiger partial charge is 0.294 e. The summed E-state index contributed by atoms with van der Waals surface area (Å²) in [5.41, 5.74) is 2.27. The van der Waals surface area contributed by atoms with Crippen LogP contribution in [-0.2, 0) is 0 Å². The van der Waals surface area contributed by atoms with E-state index in [1.54, 1.807) is 37.6 Å². The lowest BCUT2D eigenvalue weighted by Crippen LogP contribution is -1.97. The minimum absolute atomic E-state index is 0.0231. The topological polar surface area (TPSA) is 42.9 Å². The number of Topliss-reactive ketones (excluding diaryl/α,β-unsaturated/α-hetero) is 1. The van der Waals surface area contributed by atoms with E-state index in [1.165, 1.54) is 0 Å². The fourth-order valence-electron chi connectivity index (χ4n) is 1.43. The van der Waals surface area contributed by atoms with E-state index in [4.69, 9.17) is 0 Å². The van der Waals surface area contributed by atoms with E-state index >= 15 is 0 Å². The molecule has 2 aromatic rings. The summed E-state index contributed by atoms with van der Waals surface area (Å²) >= 11 is 0. The predicted molar refractivity (Wildman–Crippen MR) is 57.5 cm³/mol. The Kier molecular flexibility index (Phi) is 2.54. The number of aromatic nitrogens is 2. The molecule has 0 saturated heterocycles. The Labute approximate surface area is 87.8 Å². The van der Waals surface area contributed by atoms with Crippen molar-refractivity contribution in [2.24, 2.45) is 0 Å². The van der Waals surface area contributed by atoms with Crippen LogP contribution in [0.4, 0.5) is 0 Å². The second-order valence-corrected chi connectivity index (χ2v) is 3.19. The highest BCUT2D eigenvalue weighted by Crippen LogP contribution is 2.20. The number of carbonyl (C=O) groups excluding carboxylic acids is 1. The Morgan fingerprint density at radius 2 is 1.87 bits per heavy atom. The first-order valence-corrected chi connectivity index (χ1v) is 4.65. The van der Waals surface area contributed by atoms with Gasteiger partial charge in [-0.1, -0.05) is 0 Å². The van der Waals surface area contributed by atoms with Gasteiger partial charge in [0, 0.05) is 29.7 Å². The molecule has 0 aliphatic rings. The summed E-state index contributed by atoms with van der Waals surface area (Å²) in [7, 11) is 0. The van der Waals surface area contributed by atoms with E-state index in [0.717, 1.165) is 5.56 Å². The van der Waals surface area contributed by atoms with Gasteiger partial charge in [0.05, 0.1) is 5.69 Å². The van der Waals surface area contributed by atoms with Gasteiger partial charge in [0.15, 0.2) is 5.78 Å². The van der Waals surface area contributed by atoms with Crippen molar-refractivity contribution >= 4 is 5.78 Å². The first-order chi connectivity index (χ1) is 7.29. The van der Waals surface area contributed by atoms with Crippen molar-refractivity contribution < 1.29 is 4.79 Å². The molecule has 3 nitrogen and oxygen atoms in total. The van der Waals surface area contributed by atoms with Gasteiger partial charge in [-0.2, -0.15) is 0 Å². The van der Waals surface area contributed by atoms with E-state index < -0.39 is 0 Å². The standard InChI is InChI=1S/C12H10N2O/c1-9(15)11-3-2-6-14-12(11)10-4-7-13-8-5-10/h2-8H,1H3. The van der Waals surface area contributed by atoms with E-state index in [0.29, 0.717) is 11.3 Å². The molecule has 0 N–H and O–H groups in total. The van der Waals surface area contributed by atoms with Crippen LogP contribution in [0.15, 0.2) is 42.9 Å². The SMILES string of the molecule is CC(=O)c1cccnc1-c1ccncc1. The number of hydrogen-bond acceptors (Lipinski definition) is 3. The minimum atomic E-state index is 0.0231. The number of carbonyl (C=O) groups is 1. The fourth-order valence-corrected chi connectivity index (χ4v) is 1.43. The van der Waals surface area contributed by atoms with Gasteiger partial charge in [-0.3, -0.25) is 14.8 Å². The average Bonchev–Trinajstić information content (AvgIpc) is 2.30. The summed E-state index contributed by atoms with van der Waals surface area (Å²) in [5.74, 6) is 0.0231. The number of ketones is 1. The maximum absolute atomic E-state index is 11.4. The third-order valence-electron chi connectivity index (χ3n) is 2.14. The zero-order valence-corrected chi connectivity index (χ0v) is 8.34. The van der Waals surface area contributed by atoms with Crippen molar-refractivity contribution in [1.82, 2.24) is 9.97 Å². The van der Waals surface area contributed by atoms with Crippen molar-refractivity contribution in [2.75, 3.05) is 0 Å². The van der Waals surface area contributed by atoms with Crippen LogP contribution in [0.25, 0.3) is 11.3 Å². The number of hydrogen-bond donors (Lipinski definition) is 0. The highest BCUT2D eigenvalue weighted by atomic mass is 16.1. The first-order valence-electron chi connectivity index (χ1n) is 4.65. The van der Waals surface area contributed by atoms with Crippen molar-refractivity contribution in [3.8, 4) is 11.3 Å². The Bertz CT molecular complexity index is 480. The molecule has 0 aromatic carbocycles. The molecule has 2 heterocycles. The molecule has 0 unspecified atom stereocenters. The van der Waals surface area contributed by atoms with Gasteiger partial charge in [-0.25, -0.2) is 0 Å². The molecule has 0 saturated carbocycles. The van der Waals surface area contributed by atoms with E-state index in [1.807, 2.05) is 12.1 Å². The van der Waals surface area contributed by atoms with Gasteiger partial charge >= 0.3 is 0 Å².